The molecule has 8 heteroatoms. The Hall–Kier alpha value is -1.34. The molecule has 16 heavy (non-hydrogen) atoms. The number of nitro benzene ring substituents is 1. The van der Waals surface area contributed by atoms with Gasteiger partial charge in [-0.2, -0.15) is 0 Å². The van der Waals surface area contributed by atoms with Gasteiger partial charge in [0.15, 0.2) is 5.75 Å². The van der Waals surface area contributed by atoms with Crippen LogP contribution in [-0.2, 0) is 14.8 Å². The highest BCUT2D eigenvalue weighted by Gasteiger charge is 2.17. The molecular weight excluding hydrogens is 258 g/mol. The smallest absolute Gasteiger partial charge is 0.311 e. The SMILES string of the molecule is COc1ccc(CS(=O)(=O)Cl)cc1[N+](=O)[O-]. The van der Waals surface area contributed by atoms with Crippen molar-refractivity contribution in [3.63, 3.8) is 0 Å². The van der Waals surface area contributed by atoms with E-state index in [-0.39, 0.29) is 17.0 Å². The van der Waals surface area contributed by atoms with Crippen molar-refractivity contribution in [2.45, 2.75) is 5.75 Å². The summed E-state index contributed by atoms with van der Waals surface area (Å²) in [6.45, 7) is 0. The highest BCUT2D eigenvalue weighted by molar-refractivity contribution is 8.13. The lowest BCUT2D eigenvalue weighted by atomic mass is 10.2. The van der Waals surface area contributed by atoms with Gasteiger partial charge >= 0.3 is 5.69 Å². The number of ether oxygens (including phenoxy) is 1. The molecule has 0 saturated carbocycles. The molecule has 0 aliphatic rings. The molecule has 0 atom stereocenters. The monoisotopic (exact) mass is 265 g/mol. The van der Waals surface area contributed by atoms with Crippen molar-refractivity contribution in [2.75, 3.05) is 7.11 Å². The van der Waals surface area contributed by atoms with Crippen LogP contribution < -0.4 is 4.74 Å². The number of benzene rings is 1. The third-order valence-electron chi connectivity index (χ3n) is 1.78. The number of hydrogen-bond acceptors (Lipinski definition) is 5. The van der Waals surface area contributed by atoms with Crippen LogP contribution in [0.2, 0.25) is 0 Å². The number of nitro groups is 1. The maximum atomic E-state index is 10.8. The summed E-state index contributed by atoms with van der Waals surface area (Å²) in [6.07, 6.45) is 0. The van der Waals surface area contributed by atoms with Gasteiger partial charge in [-0.3, -0.25) is 10.1 Å². The molecule has 1 rings (SSSR count). The maximum absolute atomic E-state index is 10.8. The molecule has 0 heterocycles. The van der Waals surface area contributed by atoms with E-state index in [0.29, 0.717) is 0 Å². The van der Waals surface area contributed by atoms with Crippen molar-refractivity contribution in [3.05, 3.63) is 33.9 Å². The summed E-state index contributed by atoms with van der Waals surface area (Å²) in [5, 5.41) is 10.6. The Bertz CT molecular complexity index is 513. The fourth-order valence-corrected chi connectivity index (χ4v) is 2.12. The zero-order valence-corrected chi connectivity index (χ0v) is 9.79. The molecular formula is C8H8ClNO5S. The summed E-state index contributed by atoms with van der Waals surface area (Å²) in [5.74, 6) is -0.389. The van der Waals surface area contributed by atoms with Gasteiger partial charge in [0.1, 0.15) is 0 Å². The van der Waals surface area contributed by atoms with E-state index in [4.69, 9.17) is 15.4 Å². The van der Waals surface area contributed by atoms with Crippen LogP contribution >= 0.6 is 10.7 Å². The standard InChI is InChI=1S/C8H8ClNO5S/c1-15-8-3-2-6(5-16(9,13)14)4-7(8)10(11)12/h2-4H,5H2,1H3. The molecule has 0 bridgehead atoms. The van der Waals surface area contributed by atoms with E-state index >= 15 is 0 Å². The van der Waals surface area contributed by atoms with Gasteiger partial charge in [0.2, 0.25) is 9.05 Å². The molecule has 88 valence electrons. The van der Waals surface area contributed by atoms with Crippen molar-refractivity contribution in [3.8, 4) is 5.75 Å². The van der Waals surface area contributed by atoms with Crippen LogP contribution in [0.1, 0.15) is 5.56 Å². The number of nitrogens with zero attached hydrogens (tertiary/aromatic N) is 1. The van der Waals surface area contributed by atoms with E-state index in [9.17, 15) is 18.5 Å². The zero-order chi connectivity index (χ0) is 12.3. The lowest BCUT2D eigenvalue weighted by Gasteiger charge is -2.03. The first-order valence-electron chi connectivity index (χ1n) is 4.07. The minimum absolute atomic E-state index is 0.0701. The molecule has 0 fully saturated rings. The van der Waals surface area contributed by atoms with Gasteiger partial charge in [-0.05, 0) is 11.6 Å². The Kier molecular flexibility index (Phi) is 3.71. The lowest BCUT2D eigenvalue weighted by molar-refractivity contribution is -0.385. The van der Waals surface area contributed by atoms with Crippen LogP contribution in [0.3, 0.4) is 0 Å². The molecule has 1 aromatic rings. The maximum Gasteiger partial charge on any atom is 0.311 e. The minimum atomic E-state index is -3.73. The highest BCUT2D eigenvalue weighted by atomic mass is 35.7. The van der Waals surface area contributed by atoms with Crippen molar-refractivity contribution in [2.24, 2.45) is 0 Å². The van der Waals surface area contributed by atoms with Crippen LogP contribution in [-0.4, -0.2) is 20.5 Å². The number of halogens is 1. The van der Waals surface area contributed by atoms with Gasteiger partial charge in [0, 0.05) is 16.7 Å². The molecule has 0 unspecified atom stereocenters. The van der Waals surface area contributed by atoms with Gasteiger partial charge < -0.3 is 4.74 Å². The van der Waals surface area contributed by atoms with E-state index in [0.717, 1.165) is 6.07 Å². The predicted molar refractivity (Wildman–Crippen MR) is 58.1 cm³/mol. The topological polar surface area (TPSA) is 86.5 Å². The van der Waals surface area contributed by atoms with Crippen molar-refractivity contribution < 1.29 is 18.1 Å². The first-order valence-corrected chi connectivity index (χ1v) is 6.55. The first kappa shape index (κ1) is 12.7. The normalized spacial score (nSPS) is 11.1. The Morgan fingerprint density at radius 3 is 2.56 bits per heavy atom. The average Bonchev–Trinajstić information content (AvgIpc) is 2.15. The fourth-order valence-electron chi connectivity index (χ4n) is 1.17. The van der Waals surface area contributed by atoms with Crippen LogP contribution in [0, 0.1) is 10.1 Å². The Morgan fingerprint density at radius 1 is 1.50 bits per heavy atom. The highest BCUT2D eigenvalue weighted by Crippen LogP contribution is 2.28. The largest absolute Gasteiger partial charge is 0.490 e. The molecule has 0 saturated heterocycles. The summed E-state index contributed by atoms with van der Waals surface area (Å²) < 4.78 is 26.4. The van der Waals surface area contributed by atoms with E-state index in [1.54, 1.807) is 0 Å². The predicted octanol–water partition coefficient (Wildman–Crippen LogP) is 1.67. The van der Waals surface area contributed by atoms with Crippen LogP contribution in [0.4, 0.5) is 5.69 Å². The van der Waals surface area contributed by atoms with Gasteiger partial charge in [0.05, 0.1) is 17.8 Å². The Labute approximate surface area is 96.4 Å². The zero-order valence-electron chi connectivity index (χ0n) is 8.21. The van der Waals surface area contributed by atoms with Crippen molar-refractivity contribution in [1.29, 1.82) is 0 Å². The second-order valence-corrected chi connectivity index (χ2v) is 5.72. The second-order valence-electron chi connectivity index (χ2n) is 2.95. The van der Waals surface area contributed by atoms with Crippen molar-refractivity contribution in [1.82, 2.24) is 0 Å². The van der Waals surface area contributed by atoms with E-state index in [2.05, 4.69) is 0 Å². The fraction of sp³-hybridized carbons (Fsp3) is 0.250. The molecule has 6 nitrogen and oxygen atoms in total. The van der Waals surface area contributed by atoms with Crippen LogP contribution in [0.25, 0.3) is 0 Å². The van der Waals surface area contributed by atoms with Gasteiger partial charge in [0.25, 0.3) is 0 Å². The van der Waals surface area contributed by atoms with Crippen LogP contribution in [0.15, 0.2) is 18.2 Å². The van der Waals surface area contributed by atoms with Crippen LogP contribution in [0.5, 0.6) is 5.75 Å². The Balaban J connectivity index is 3.17. The molecule has 0 aliphatic heterocycles. The molecule has 0 aliphatic carbocycles. The van der Waals surface area contributed by atoms with Gasteiger partial charge in [-0.1, -0.05) is 6.07 Å². The second kappa shape index (κ2) is 4.67. The number of hydrogen-bond donors (Lipinski definition) is 0. The van der Waals surface area contributed by atoms with E-state index in [1.807, 2.05) is 0 Å². The third kappa shape index (κ3) is 3.35. The first-order chi connectivity index (χ1) is 7.33. The molecule has 1 aromatic carbocycles. The van der Waals surface area contributed by atoms with E-state index < -0.39 is 19.7 Å². The summed E-state index contributed by atoms with van der Waals surface area (Å²) in [5.41, 5.74) is -0.0529. The molecule has 0 aromatic heterocycles. The molecule has 0 amide bonds. The summed E-state index contributed by atoms with van der Waals surface area (Å²) >= 11 is 0. The summed E-state index contributed by atoms with van der Waals surface area (Å²) in [6, 6.07) is 3.86. The Morgan fingerprint density at radius 2 is 2.12 bits per heavy atom. The van der Waals surface area contributed by atoms with Gasteiger partial charge in [-0.25, -0.2) is 8.42 Å². The number of methoxy groups -OCH3 is 1. The molecule has 0 N–H and O–H groups in total. The quantitative estimate of drug-likeness (QED) is 0.469. The van der Waals surface area contributed by atoms with Gasteiger partial charge in [-0.15, -0.1) is 0 Å². The molecule has 0 radical (unpaired) electrons. The van der Waals surface area contributed by atoms with E-state index in [1.165, 1.54) is 19.2 Å². The number of rotatable bonds is 4. The minimum Gasteiger partial charge on any atom is -0.490 e. The average molecular weight is 266 g/mol. The summed E-state index contributed by atoms with van der Waals surface area (Å²) in [4.78, 5) is 9.99. The third-order valence-corrected chi connectivity index (χ3v) is 2.78. The molecule has 0 spiro atoms. The van der Waals surface area contributed by atoms with Crippen molar-refractivity contribution >= 4 is 25.4 Å². The summed E-state index contributed by atoms with van der Waals surface area (Å²) in [7, 11) is 2.61. The lowest BCUT2D eigenvalue weighted by Crippen LogP contribution is -1.98.